The molecule has 1 aliphatic rings. The highest BCUT2D eigenvalue weighted by Crippen LogP contribution is 2.37. The molecule has 5 heteroatoms. The van der Waals surface area contributed by atoms with Crippen molar-refractivity contribution in [2.75, 3.05) is 0 Å². The van der Waals surface area contributed by atoms with Gasteiger partial charge in [-0.05, 0) is 43.0 Å². The van der Waals surface area contributed by atoms with Crippen LogP contribution in [0.25, 0.3) is 10.7 Å². The number of hydrogen-bond acceptors (Lipinski definition) is 4. The van der Waals surface area contributed by atoms with Crippen molar-refractivity contribution in [2.24, 2.45) is 18.7 Å². The number of hydrogen-bond donors (Lipinski definition) is 1. The minimum Gasteiger partial charge on any atom is -0.319 e. The van der Waals surface area contributed by atoms with Gasteiger partial charge in [0.25, 0.3) is 0 Å². The fourth-order valence-electron chi connectivity index (χ4n) is 2.83. The van der Waals surface area contributed by atoms with Gasteiger partial charge in [0, 0.05) is 7.05 Å². The van der Waals surface area contributed by atoms with Crippen molar-refractivity contribution in [2.45, 2.75) is 38.1 Å². The van der Waals surface area contributed by atoms with Crippen LogP contribution in [0.1, 0.15) is 38.4 Å². The third kappa shape index (κ3) is 2.32. The summed E-state index contributed by atoms with van der Waals surface area (Å²) in [6.45, 7) is 2.30. The molecule has 1 fully saturated rings. The van der Waals surface area contributed by atoms with Gasteiger partial charge in [-0.3, -0.25) is 4.68 Å². The van der Waals surface area contributed by atoms with E-state index in [1.165, 1.54) is 12.8 Å². The SMILES string of the molecule is CC1CCC(N)(c2nc(-c3cccs3)nn2C)CC1. The van der Waals surface area contributed by atoms with Crippen LogP contribution in [0.15, 0.2) is 17.5 Å². The van der Waals surface area contributed by atoms with Crippen molar-refractivity contribution in [1.82, 2.24) is 14.8 Å². The molecule has 0 spiro atoms. The number of nitrogens with two attached hydrogens (primary N) is 1. The van der Waals surface area contributed by atoms with Gasteiger partial charge in [0.2, 0.25) is 0 Å². The molecule has 1 aliphatic carbocycles. The summed E-state index contributed by atoms with van der Waals surface area (Å²) in [5.74, 6) is 2.51. The highest BCUT2D eigenvalue weighted by atomic mass is 32.1. The van der Waals surface area contributed by atoms with Gasteiger partial charge in [-0.15, -0.1) is 11.3 Å². The van der Waals surface area contributed by atoms with Gasteiger partial charge in [0.15, 0.2) is 5.82 Å². The second kappa shape index (κ2) is 4.72. The zero-order valence-electron chi connectivity index (χ0n) is 11.5. The predicted octanol–water partition coefficient (Wildman–Crippen LogP) is 2.91. The topological polar surface area (TPSA) is 56.7 Å². The van der Waals surface area contributed by atoms with Crippen LogP contribution in [0.5, 0.6) is 0 Å². The van der Waals surface area contributed by atoms with Gasteiger partial charge >= 0.3 is 0 Å². The van der Waals surface area contributed by atoms with Crippen molar-refractivity contribution in [3.63, 3.8) is 0 Å². The molecule has 2 aromatic rings. The van der Waals surface area contributed by atoms with Gasteiger partial charge in [-0.1, -0.05) is 13.0 Å². The number of rotatable bonds is 2. The Morgan fingerprint density at radius 3 is 2.79 bits per heavy atom. The summed E-state index contributed by atoms with van der Waals surface area (Å²) in [5.41, 5.74) is 6.29. The molecule has 2 heterocycles. The van der Waals surface area contributed by atoms with E-state index in [2.05, 4.69) is 18.1 Å². The van der Waals surface area contributed by atoms with Crippen LogP contribution in [-0.4, -0.2) is 14.8 Å². The van der Waals surface area contributed by atoms with Crippen molar-refractivity contribution >= 4 is 11.3 Å². The summed E-state index contributed by atoms with van der Waals surface area (Å²) in [6.07, 6.45) is 4.37. The molecule has 0 atom stereocenters. The van der Waals surface area contributed by atoms with E-state index >= 15 is 0 Å². The Kier molecular flexibility index (Phi) is 3.19. The zero-order chi connectivity index (χ0) is 13.5. The Bertz CT molecular complexity index is 550. The smallest absolute Gasteiger partial charge is 0.191 e. The summed E-state index contributed by atoms with van der Waals surface area (Å²) in [5, 5.41) is 6.58. The maximum atomic E-state index is 6.59. The lowest BCUT2D eigenvalue weighted by atomic mass is 9.77. The van der Waals surface area contributed by atoms with Crippen molar-refractivity contribution in [1.29, 1.82) is 0 Å². The molecule has 0 saturated heterocycles. The summed E-state index contributed by atoms with van der Waals surface area (Å²) in [7, 11) is 1.95. The Morgan fingerprint density at radius 1 is 1.42 bits per heavy atom. The van der Waals surface area contributed by atoms with E-state index in [-0.39, 0.29) is 5.54 Å². The maximum Gasteiger partial charge on any atom is 0.191 e. The first-order chi connectivity index (χ1) is 9.08. The molecule has 2 aromatic heterocycles. The van der Waals surface area contributed by atoms with Crippen LogP contribution in [-0.2, 0) is 12.6 Å². The van der Waals surface area contributed by atoms with Crippen LogP contribution in [0.2, 0.25) is 0 Å². The predicted molar refractivity (Wildman–Crippen MR) is 77.8 cm³/mol. The lowest BCUT2D eigenvalue weighted by Crippen LogP contribution is -2.42. The first-order valence-corrected chi connectivity index (χ1v) is 7.71. The molecule has 0 amide bonds. The van der Waals surface area contributed by atoms with Crippen molar-refractivity contribution in [3.8, 4) is 10.7 Å². The third-order valence-electron chi connectivity index (χ3n) is 4.12. The number of aromatic nitrogens is 3. The normalized spacial score (nSPS) is 27.6. The third-order valence-corrected chi connectivity index (χ3v) is 4.98. The Hall–Kier alpha value is -1.20. The molecule has 2 N–H and O–H groups in total. The molecule has 0 radical (unpaired) electrons. The Labute approximate surface area is 117 Å². The van der Waals surface area contributed by atoms with Crippen LogP contribution < -0.4 is 5.73 Å². The summed E-state index contributed by atoms with van der Waals surface area (Å²) >= 11 is 1.66. The molecule has 4 nitrogen and oxygen atoms in total. The standard InChI is InChI=1S/C14H20N4S/c1-10-5-7-14(15,8-6-10)13-16-12(17-18(13)2)11-4-3-9-19-11/h3-4,9-10H,5-8,15H2,1-2H3. The Morgan fingerprint density at radius 2 is 2.16 bits per heavy atom. The average molecular weight is 276 g/mol. The minimum absolute atomic E-state index is 0.302. The van der Waals surface area contributed by atoms with Gasteiger partial charge in [-0.25, -0.2) is 4.98 Å². The van der Waals surface area contributed by atoms with Crippen molar-refractivity contribution < 1.29 is 0 Å². The monoisotopic (exact) mass is 276 g/mol. The minimum atomic E-state index is -0.302. The second-order valence-electron chi connectivity index (χ2n) is 5.70. The summed E-state index contributed by atoms with van der Waals surface area (Å²) in [4.78, 5) is 5.82. The van der Waals surface area contributed by atoms with E-state index in [4.69, 9.17) is 10.7 Å². The molecule has 19 heavy (non-hydrogen) atoms. The maximum absolute atomic E-state index is 6.59. The molecule has 0 aromatic carbocycles. The number of nitrogens with zero attached hydrogens (tertiary/aromatic N) is 3. The van der Waals surface area contributed by atoms with E-state index in [0.29, 0.717) is 0 Å². The largest absolute Gasteiger partial charge is 0.319 e. The first-order valence-electron chi connectivity index (χ1n) is 6.83. The molecular formula is C14H20N4S. The van der Waals surface area contributed by atoms with E-state index in [0.717, 1.165) is 35.3 Å². The van der Waals surface area contributed by atoms with Crippen molar-refractivity contribution in [3.05, 3.63) is 23.3 Å². The lowest BCUT2D eigenvalue weighted by Gasteiger charge is -2.34. The number of aryl methyl sites for hydroxylation is 1. The van der Waals surface area contributed by atoms with Gasteiger partial charge in [0.1, 0.15) is 5.82 Å². The highest BCUT2D eigenvalue weighted by Gasteiger charge is 2.36. The molecule has 1 saturated carbocycles. The van der Waals surface area contributed by atoms with Gasteiger partial charge in [-0.2, -0.15) is 5.10 Å². The fourth-order valence-corrected chi connectivity index (χ4v) is 3.48. The summed E-state index contributed by atoms with van der Waals surface area (Å²) in [6, 6.07) is 4.08. The molecule has 0 unspecified atom stereocenters. The second-order valence-corrected chi connectivity index (χ2v) is 6.65. The molecule has 3 rings (SSSR count). The summed E-state index contributed by atoms with van der Waals surface area (Å²) < 4.78 is 1.87. The highest BCUT2D eigenvalue weighted by molar-refractivity contribution is 7.13. The first kappa shape index (κ1) is 12.8. The molecule has 0 bridgehead atoms. The van der Waals surface area contributed by atoms with Crippen LogP contribution in [0, 0.1) is 5.92 Å². The van der Waals surface area contributed by atoms with E-state index in [1.807, 2.05) is 23.2 Å². The molecular weight excluding hydrogens is 256 g/mol. The van der Waals surface area contributed by atoms with E-state index < -0.39 is 0 Å². The van der Waals surface area contributed by atoms with E-state index in [1.54, 1.807) is 11.3 Å². The van der Waals surface area contributed by atoms with Crippen LogP contribution in [0.3, 0.4) is 0 Å². The fraction of sp³-hybridized carbons (Fsp3) is 0.571. The quantitative estimate of drug-likeness (QED) is 0.917. The van der Waals surface area contributed by atoms with Gasteiger partial charge < -0.3 is 5.73 Å². The lowest BCUT2D eigenvalue weighted by molar-refractivity contribution is 0.231. The van der Waals surface area contributed by atoms with Crippen LogP contribution >= 0.6 is 11.3 Å². The molecule has 102 valence electrons. The number of thiophene rings is 1. The zero-order valence-corrected chi connectivity index (χ0v) is 12.3. The molecule has 0 aliphatic heterocycles. The average Bonchev–Trinajstić information content (AvgIpc) is 3.02. The van der Waals surface area contributed by atoms with Crippen LogP contribution in [0.4, 0.5) is 0 Å². The van der Waals surface area contributed by atoms with Gasteiger partial charge in [0.05, 0.1) is 10.4 Å². The Balaban J connectivity index is 1.93. The van der Waals surface area contributed by atoms with E-state index in [9.17, 15) is 0 Å².